The summed E-state index contributed by atoms with van der Waals surface area (Å²) in [7, 11) is 1.74. The molecule has 4 aliphatic carbocycles. The van der Waals surface area contributed by atoms with Crippen LogP contribution in [0.4, 0.5) is 0 Å². The minimum absolute atomic E-state index is 0.404. The molecule has 4 aliphatic rings. The van der Waals surface area contributed by atoms with Crippen LogP contribution in [0.25, 0.3) is 0 Å². The number of hydrogen-bond donors (Lipinski definition) is 0. The predicted molar refractivity (Wildman–Crippen MR) is 134 cm³/mol. The lowest BCUT2D eigenvalue weighted by Crippen LogP contribution is -2.50. The van der Waals surface area contributed by atoms with E-state index in [2.05, 4.69) is 47.6 Å². The van der Waals surface area contributed by atoms with Gasteiger partial charge in [-0.25, -0.2) is 0 Å². The number of fused-ring (bicyclic) bond motifs is 5. The van der Waals surface area contributed by atoms with Crippen LogP contribution < -0.4 is 0 Å². The van der Waals surface area contributed by atoms with E-state index in [1.54, 1.807) is 7.11 Å². The van der Waals surface area contributed by atoms with Gasteiger partial charge in [-0.2, -0.15) is 0 Å². The molecule has 2 nitrogen and oxygen atoms in total. The van der Waals surface area contributed by atoms with Gasteiger partial charge in [0.1, 0.15) is 6.79 Å². The van der Waals surface area contributed by atoms with E-state index in [0.29, 0.717) is 23.7 Å². The molecule has 0 aliphatic heterocycles. The zero-order valence-corrected chi connectivity index (χ0v) is 22.3. The third-order valence-corrected chi connectivity index (χ3v) is 11.4. The Hall–Kier alpha value is -0.340. The van der Waals surface area contributed by atoms with Crippen molar-refractivity contribution in [2.45, 2.75) is 112 Å². The molecular formula is C30H52O2. The lowest BCUT2D eigenvalue weighted by Gasteiger charge is -2.58. The van der Waals surface area contributed by atoms with E-state index in [-0.39, 0.29) is 0 Å². The average molecular weight is 445 g/mol. The molecule has 4 rings (SSSR count). The van der Waals surface area contributed by atoms with E-state index >= 15 is 0 Å². The molecular weight excluding hydrogens is 392 g/mol. The highest BCUT2D eigenvalue weighted by molar-refractivity contribution is 5.27. The monoisotopic (exact) mass is 444 g/mol. The van der Waals surface area contributed by atoms with Gasteiger partial charge in [-0.1, -0.05) is 66.0 Å². The molecule has 0 amide bonds. The summed E-state index contributed by atoms with van der Waals surface area (Å²) in [6.07, 6.45) is 16.9. The predicted octanol–water partition coefficient (Wildman–Crippen LogP) is 8.26. The van der Waals surface area contributed by atoms with Crippen LogP contribution in [0.3, 0.4) is 0 Å². The second-order valence-corrected chi connectivity index (χ2v) is 13.2. The molecule has 0 radical (unpaired) electrons. The van der Waals surface area contributed by atoms with E-state index in [9.17, 15) is 0 Å². The molecule has 0 bridgehead atoms. The Morgan fingerprint density at radius 3 is 2.38 bits per heavy atom. The standard InChI is InChI=1S/C30H52O2/c1-20(2)21(3)8-9-22(4)26-12-13-27-25-11-10-23-18-24(32-19-31-7)14-16-29(23,5)28(25)15-17-30(26,27)6/h11,20-24,26-28H,8-10,12-19H2,1-7H3/t21-,22-,23+,24+,26-,27+,28+,29+,30-/m1/s1. The Labute approximate surface area is 199 Å². The van der Waals surface area contributed by atoms with Gasteiger partial charge in [0.2, 0.25) is 0 Å². The van der Waals surface area contributed by atoms with Gasteiger partial charge in [0.25, 0.3) is 0 Å². The van der Waals surface area contributed by atoms with Gasteiger partial charge in [-0.3, -0.25) is 0 Å². The first kappa shape index (κ1) is 24.8. The van der Waals surface area contributed by atoms with E-state index < -0.39 is 0 Å². The quantitative estimate of drug-likeness (QED) is 0.277. The summed E-state index contributed by atoms with van der Waals surface area (Å²) in [5, 5.41) is 0. The van der Waals surface area contributed by atoms with Crippen LogP contribution in [0, 0.1) is 52.3 Å². The van der Waals surface area contributed by atoms with Gasteiger partial charge >= 0.3 is 0 Å². The van der Waals surface area contributed by atoms with Crippen molar-refractivity contribution < 1.29 is 9.47 Å². The van der Waals surface area contributed by atoms with Gasteiger partial charge in [0, 0.05) is 7.11 Å². The van der Waals surface area contributed by atoms with Crippen molar-refractivity contribution in [1.82, 2.24) is 0 Å². The van der Waals surface area contributed by atoms with Gasteiger partial charge in [-0.15, -0.1) is 0 Å². The van der Waals surface area contributed by atoms with Gasteiger partial charge in [0.05, 0.1) is 6.10 Å². The number of methoxy groups -OCH3 is 1. The van der Waals surface area contributed by atoms with Crippen molar-refractivity contribution in [2.75, 3.05) is 13.9 Å². The lowest BCUT2D eigenvalue weighted by atomic mass is 9.47. The third kappa shape index (κ3) is 4.37. The summed E-state index contributed by atoms with van der Waals surface area (Å²) < 4.78 is 11.2. The number of allylic oxidation sites excluding steroid dienone is 2. The molecule has 0 N–H and O–H groups in total. The normalized spacial score (nSPS) is 43.2. The van der Waals surface area contributed by atoms with Crippen LogP contribution in [0.5, 0.6) is 0 Å². The van der Waals surface area contributed by atoms with Gasteiger partial charge in [0.15, 0.2) is 0 Å². The Morgan fingerprint density at radius 2 is 1.66 bits per heavy atom. The zero-order chi connectivity index (χ0) is 23.1. The minimum Gasteiger partial charge on any atom is -0.359 e. The second kappa shape index (κ2) is 9.73. The highest BCUT2D eigenvalue weighted by atomic mass is 16.7. The molecule has 2 heteroatoms. The average Bonchev–Trinajstić information content (AvgIpc) is 3.12. The Balaban J connectivity index is 1.45. The minimum atomic E-state index is 0.404. The van der Waals surface area contributed by atoms with Crippen molar-refractivity contribution in [1.29, 1.82) is 0 Å². The molecule has 0 spiro atoms. The highest BCUT2D eigenvalue weighted by Crippen LogP contribution is 2.67. The molecule has 184 valence electrons. The number of hydrogen-bond acceptors (Lipinski definition) is 2. The Morgan fingerprint density at radius 1 is 0.938 bits per heavy atom. The molecule has 9 atom stereocenters. The van der Waals surface area contributed by atoms with Crippen LogP contribution in [0.1, 0.15) is 106 Å². The summed E-state index contributed by atoms with van der Waals surface area (Å²) in [5.41, 5.74) is 2.94. The Bertz CT molecular complexity index is 668. The van der Waals surface area contributed by atoms with Crippen LogP contribution >= 0.6 is 0 Å². The smallest absolute Gasteiger partial charge is 0.146 e. The van der Waals surface area contributed by atoms with Crippen molar-refractivity contribution in [3.63, 3.8) is 0 Å². The largest absolute Gasteiger partial charge is 0.359 e. The van der Waals surface area contributed by atoms with E-state index in [1.807, 2.05) is 5.57 Å². The van der Waals surface area contributed by atoms with Gasteiger partial charge in [-0.05, 0) is 104 Å². The fourth-order valence-corrected chi connectivity index (χ4v) is 8.82. The maximum Gasteiger partial charge on any atom is 0.146 e. The van der Waals surface area contributed by atoms with Crippen LogP contribution in [0.2, 0.25) is 0 Å². The molecule has 3 fully saturated rings. The summed E-state index contributed by atoms with van der Waals surface area (Å²) in [6.45, 7) is 15.6. The first-order valence-corrected chi connectivity index (χ1v) is 14.0. The molecule has 32 heavy (non-hydrogen) atoms. The first-order chi connectivity index (χ1) is 15.2. The van der Waals surface area contributed by atoms with Crippen LogP contribution in [0.15, 0.2) is 11.6 Å². The summed E-state index contributed by atoms with van der Waals surface area (Å²) in [4.78, 5) is 0. The molecule has 0 heterocycles. The maximum atomic E-state index is 6.00. The zero-order valence-electron chi connectivity index (χ0n) is 22.3. The fourth-order valence-electron chi connectivity index (χ4n) is 8.82. The summed E-state index contributed by atoms with van der Waals surface area (Å²) in [6, 6.07) is 0. The third-order valence-electron chi connectivity index (χ3n) is 11.4. The Kier molecular flexibility index (Phi) is 7.53. The first-order valence-electron chi connectivity index (χ1n) is 14.0. The molecule has 0 aromatic heterocycles. The van der Waals surface area contributed by atoms with Crippen molar-refractivity contribution in [3.05, 3.63) is 11.6 Å². The van der Waals surface area contributed by atoms with Crippen molar-refractivity contribution in [2.24, 2.45) is 52.3 Å². The number of rotatable bonds is 8. The SMILES string of the molecule is COCO[C@H]1CC[C@@]2(C)[C@@H](CC=C3[C@@H]2CC[C@]2(C)[C@@H]([C@H](C)CC[C@@H](C)C(C)C)CC[C@@H]32)C1. The van der Waals surface area contributed by atoms with Crippen molar-refractivity contribution in [3.8, 4) is 0 Å². The van der Waals surface area contributed by atoms with Gasteiger partial charge < -0.3 is 9.47 Å². The van der Waals surface area contributed by atoms with E-state index in [1.165, 1.54) is 64.2 Å². The molecule has 0 aromatic carbocycles. The van der Waals surface area contributed by atoms with Crippen molar-refractivity contribution >= 4 is 0 Å². The van der Waals surface area contributed by atoms with E-state index in [0.717, 1.165) is 41.4 Å². The van der Waals surface area contributed by atoms with Crippen LogP contribution in [-0.4, -0.2) is 20.0 Å². The number of ether oxygens (including phenoxy) is 2. The molecule has 0 aromatic rings. The van der Waals surface area contributed by atoms with E-state index in [4.69, 9.17) is 9.47 Å². The maximum absolute atomic E-state index is 6.00. The molecule has 0 unspecified atom stereocenters. The highest BCUT2D eigenvalue weighted by Gasteiger charge is 2.58. The lowest BCUT2D eigenvalue weighted by molar-refractivity contribution is -0.116. The topological polar surface area (TPSA) is 18.5 Å². The molecule has 3 saturated carbocycles. The fraction of sp³-hybridized carbons (Fsp3) is 0.933. The summed E-state index contributed by atoms with van der Waals surface area (Å²) >= 11 is 0. The van der Waals surface area contributed by atoms with Crippen LogP contribution in [-0.2, 0) is 9.47 Å². The summed E-state index contributed by atoms with van der Waals surface area (Å²) in [5.74, 6) is 5.97. The molecule has 0 saturated heterocycles. The second-order valence-electron chi connectivity index (χ2n) is 13.2.